The molecule has 2 aliphatic heterocycles. The first-order valence-electron chi connectivity index (χ1n) is 11.6. The third-order valence-corrected chi connectivity index (χ3v) is 7.98. The lowest BCUT2D eigenvalue weighted by molar-refractivity contribution is -0.111. The molecule has 8 nitrogen and oxygen atoms in total. The molecule has 0 spiro atoms. The molecule has 0 saturated carbocycles. The minimum Gasteiger partial charge on any atom is -0.495 e. The standard InChI is InChI=1S/C25H31N3O5S/c1-32-23-11-9-20(19-24(23)34(30,31)28-13-5-2-6-14-28)10-12-25(29)26-21-7-3-4-8-22(21)27-15-17-33-18-16-27/h3-4,7-12,19H,2,5-6,13-18H2,1H3,(H,26,29)/b12-10+. The number of morpholine rings is 1. The van der Waals surface area contributed by atoms with Crippen LogP contribution in [0.2, 0.25) is 0 Å². The molecule has 2 aromatic rings. The first-order chi connectivity index (χ1) is 16.5. The highest BCUT2D eigenvalue weighted by Crippen LogP contribution is 2.30. The van der Waals surface area contributed by atoms with Crippen molar-refractivity contribution in [3.63, 3.8) is 0 Å². The topological polar surface area (TPSA) is 88.2 Å². The Bertz CT molecular complexity index is 1140. The fraction of sp³-hybridized carbons (Fsp3) is 0.400. The average Bonchev–Trinajstić information content (AvgIpc) is 2.88. The summed E-state index contributed by atoms with van der Waals surface area (Å²) in [5.41, 5.74) is 2.28. The number of ether oxygens (including phenoxy) is 2. The van der Waals surface area contributed by atoms with Gasteiger partial charge in [0.2, 0.25) is 15.9 Å². The van der Waals surface area contributed by atoms with E-state index in [2.05, 4.69) is 10.2 Å². The van der Waals surface area contributed by atoms with Gasteiger partial charge in [-0.25, -0.2) is 8.42 Å². The Balaban J connectivity index is 1.51. The zero-order valence-electron chi connectivity index (χ0n) is 19.4. The number of benzene rings is 2. The molecule has 0 unspecified atom stereocenters. The molecule has 34 heavy (non-hydrogen) atoms. The van der Waals surface area contributed by atoms with Gasteiger partial charge in [0.15, 0.2) is 0 Å². The Morgan fingerprint density at radius 2 is 1.76 bits per heavy atom. The van der Waals surface area contributed by atoms with Crippen molar-refractivity contribution in [2.45, 2.75) is 24.2 Å². The van der Waals surface area contributed by atoms with Gasteiger partial charge in [0.1, 0.15) is 10.6 Å². The van der Waals surface area contributed by atoms with E-state index in [0.717, 1.165) is 43.7 Å². The number of hydrogen-bond donors (Lipinski definition) is 1. The Labute approximate surface area is 201 Å². The number of carbonyl (C=O) groups is 1. The van der Waals surface area contributed by atoms with E-state index in [1.165, 1.54) is 17.5 Å². The van der Waals surface area contributed by atoms with Crippen LogP contribution in [0.3, 0.4) is 0 Å². The number of sulfonamides is 1. The molecule has 182 valence electrons. The van der Waals surface area contributed by atoms with Gasteiger partial charge in [0.05, 0.1) is 31.7 Å². The maximum Gasteiger partial charge on any atom is 0.248 e. The minimum absolute atomic E-state index is 0.122. The summed E-state index contributed by atoms with van der Waals surface area (Å²) in [5.74, 6) is 0.00331. The fourth-order valence-electron chi connectivity index (χ4n) is 4.25. The third-order valence-electron chi connectivity index (χ3n) is 6.06. The van der Waals surface area contributed by atoms with E-state index in [1.54, 1.807) is 24.3 Å². The molecule has 1 amide bonds. The maximum atomic E-state index is 13.2. The third kappa shape index (κ3) is 5.60. The molecule has 2 fully saturated rings. The van der Waals surface area contributed by atoms with Crippen molar-refractivity contribution in [1.82, 2.24) is 4.31 Å². The number of nitrogens with zero attached hydrogens (tertiary/aromatic N) is 2. The summed E-state index contributed by atoms with van der Waals surface area (Å²) < 4.78 is 38.7. The lowest BCUT2D eigenvalue weighted by atomic mass is 10.2. The highest BCUT2D eigenvalue weighted by Gasteiger charge is 2.29. The number of para-hydroxylation sites is 2. The second-order valence-corrected chi connectivity index (χ2v) is 10.2. The van der Waals surface area contributed by atoms with Gasteiger partial charge >= 0.3 is 0 Å². The lowest BCUT2D eigenvalue weighted by Crippen LogP contribution is -2.36. The molecular formula is C25H31N3O5S. The Hall–Kier alpha value is -2.88. The molecule has 0 aromatic heterocycles. The van der Waals surface area contributed by atoms with Crippen molar-refractivity contribution >= 4 is 33.4 Å². The molecule has 0 radical (unpaired) electrons. The Morgan fingerprint density at radius 1 is 1.03 bits per heavy atom. The molecule has 0 atom stereocenters. The average molecular weight is 486 g/mol. The number of nitrogens with one attached hydrogen (secondary N) is 1. The van der Waals surface area contributed by atoms with Gasteiger partial charge in [-0.1, -0.05) is 24.6 Å². The van der Waals surface area contributed by atoms with Gasteiger partial charge in [-0.2, -0.15) is 4.31 Å². The van der Waals surface area contributed by atoms with Gasteiger partial charge in [-0.3, -0.25) is 4.79 Å². The van der Waals surface area contributed by atoms with Crippen LogP contribution in [-0.2, 0) is 19.6 Å². The summed E-state index contributed by atoms with van der Waals surface area (Å²) in [4.78, 5) is 15.0. The van der Waals surface area contributed by atoms with Crippen LogP contribution in [0.15, 0.2) is 53.4 Å². The predicted molar refractivity (Wildman–Crippen MR) is 133 cm³/mol. The van der Waals surface area contributed by atoms with E-state index in [1.807, 2.05) is 24.3 Å². The number of rotatable bonds is 7. The zero-order valence-corrected chi connectivity index (χ0v) is 20.2. The number of hydrogen-bond acceptors (Lipinski definition) is 6. The summed E-state index contributed by atoms with van der Waals surface area (Å²) in [6.45, 7) is 3.86. The van der Waals surface area contributed by atoms with Crippen molar-refractivity contribution < 1.29 is 22.7 Å². The monoisotopic (exact) mass is 485 g/mol. The summed E-state index contributed by atoms with van der Waals surface area (Å²) in [6, 6.07) is 12.6. The number of piperidine rings is 1. The van der Waals surface area contributed by atoms with Crippen molar-refractivity contribution in [3.8, 4) is 5.75 Å². The van der Waals surface area contributed by atoms with E-state index >= 15 is 0 Å². The van der Waals surface area contributed by atoms with Crippen LogP contribution in [0.1, 0.15) is 24.8 Å². The fourth-order valence-corrected chi connectivity index (χ4v) is 5.96. The Kier molecular flexibility index (Phi) is 7.87. The van der Waals surface area contributed by atoms with Crippen LogP contribution in [0.5, 0.6) is 5.75 Å². The number of methoxy groups -OCH3 is 1. The van der Waals surface area contributed by atoms with E-state index in [4.69, 9.17) is 9.47 Å². The van der Waals surface area contributed by atoms with Crippen molar-refractivity contribution in [2.24, 2.45) is 0 Å². The number of amides is 1. The summed E-state index contributed by atoms with van der Waals surface area (Å²) >= 11 is 0. The summed E-state index contributed by atoms with van der Waals surface area (Å²) in [7, 11) is -2.22. The van der Waals surface area contributed by atoms with Crippen LogP contribution < -0.4 is 15.0 Å². The smallest absolute Gasteiger partial charge is 0.248 e. The van der Waals surface area contributed by atoms with Gasteiger partial charge in [-0.05, 0) is 48.7 Å². The molecule has 0 bridgehead atoms. The molecule has 2 aliphatic rings. The Morgan fingerprint density at radius 3 is 2.50 bits per heavy atom. The van der Waals surface area contributed by atoms with E-state index in [0.29, 0.717) is 37.6 Å². The van der Waals surface area contributed by atoms with Gasteiger partial charge in [0.25, 0.3) is 0 Å². The van der Waals surface area contributed by atoms with E-state index in [9.17, 15) is 13.2 Å². The summed E-state index contributed by atoms with van der Waals surface area (Å²) in [5, 5.41) is 2.94. The molecule has 2 aromatic carbocycles. The molecule has 4 rings (SSSR count). The second-order valence-electron chi connectivity index (χ2n) is 8.31. The number of carbonyl (C=O) groups excluding carboxylic acids is 1. The molecular weight excluding hydrogens is 454 g/mol. The van der Waals surface area contributed by atoms with Crippen molar-refractivity contribution in [1.29, 1.82) is 0 Å². The quantitative estimate of drug-likeness (QED) is 0.605. The van der Waals surface area contributed by atoms with Crippen molar-refractivity contribution in [2.75, 3.05) is 56.7 Å². The minimum atomic E-state index is -3.67. The van der Waals surface area contributed by atoms with Gasteiger partial charge < -0.3 is 19.7 Å². The van der Waals surface area contributed by atoms with Crippen LogP contribution in [0, 0.1) is 0 Å². The van der Waals surface area contributed by atoms with Crippen molar-refractivity contribution in [3.05, 3.63) is 54.1 Å². The second kappa shape index (κ2) is 11.0. The largest absolute Gasteiger partial charge is 0.495 e. The first kappa shape index (κ1) is 24.3. The van der Waals surface area contributed by atoms with Gasteiger partial charge in [0, 0.05) is 32.3 Å². The predicted octanol–water partition coefficient (Wildman–Crippen LogP) is 3.36. The highest BCUT2D eigenvalue weighted by molar-refractivity contribution is 7.89. The van der Waals surface area contributed by atoms with E-state index < -0.39 is 10.0 Å². The molecule has 2 saturated heterocycles. The first-order valence-corrected chi connectivity index (χ1v) is 13.0. The zero-order chi connectivity index (χ0) is 24.0. The summed E-state index contributed by atoms with van der Waals surface area (Å²) in [6.07, 6.45) is 5.77. The maximum absolute atomic E-state index is 13.2. The van der Waals surface area contributed by atoms with Gasteiger partial charge in [-0.15, -0.1) is 0 Å². The van der Waals surface area contributed by atoms with Crippen LogP contribution >= 0.6 is 0 Å². The molecule has 9 heteroatoms. The number of anilines is 2. The molecule has 1 N–H and O–H groups in total. The highest BCUT2D eigenvalue weighted by atomic mass is 32.2. The van der Waals surface area contributed by atoms with Crippen LogP contribution in [-0.4, -0.2) is 65.1 Å². The molecule has 0 aliphatic carbocycles. The van der Waals surface area contributed by atoms with E-state index in [-0.39, 0.29) is 10.8 Å². The lowest BCUT2D eigenvalue weighted by Gasteiger charge is -2.30. The SMILES string of the molecule is COc1ccc(/C=C/C(=O)Nc2ccccc2N2CCOCC2)cc1S(=O)(=O)N1CCCCC1. The normalized spacial score (nSPS) is 17.6. The van der Waals surface area contributed by atoms with Crippen LogP contribution in [0.4, 0.5) is 11.4 Å². The molecule has 2 heterocycles. The van der Waals surface area contributed by atoms with Crippen LogP contribution in [0.25, 0.3) is 6.08 Å².